The van der Waals surface area contributed by atoms with E-state index in [0.29, 0.717) is 17.1 Å². The van der Waals surface area contributed by atoms with Crippen molar-refractivity contribution in [3.05, 3.63) is 46.2 Å². The van der Waals surface area contributed by atoms with Crippen molar-refractivity contribution in [1.82, 2.24) is 15.2 Å². The minimum atomic E-state index is -0.0768. The molecule has 0 aliphatic carbocycles. The normalized spacial score (nSPS) is 12.6. The van der Waals surface area contributed by atoms with Gasteiger partial charge in [-0.2, -0.15) is 5.10 Å². The van der Waals surface area contributed by atoms with Gasteiger partial charge in [-0.25, -0.2) is 0 Å². The molecule has 0 amide bonds. The zero-order valence-corrected chi connectivity index (χ0v) is 11.8. The van der Waals surface area contributed by atoms with Crippen LogP contribution in [0.2, 0.25) is 5.02 Å². The maximum atomic E-state index is 5.99. The molecule has 0 spiro atoms. The highest BCUT2D eigenvalue weighted by atomic mass is 35.5. The Morgan fingerprint density at radius 2 is 2.16 bits per heavy atom. The second-order valence-electron chi connectivity index (χ2n) is 4.60. The van der Waals surface area contributed by atoms with Gasteiger partial charge in [-0.05, 0) is 30.7 Å². The van der Waals surface area contributed by atoms with E-state index in [4.69, 9.17) is 23.2 Å². The van der Waals surface area contributed by atoms with E-state index in [1.165, 1.54) is 0 Å². The van der Waals surface area contributed by atoms with Gasteiger partial charge in [0.2, 0.25) is 0 Å². The molecular weight excluding hydrogens is 262 g/mol. The number of nitrogens with zero attached hydrogens (tertiary/aromatic N) is 2. The monoisotopic (exact) mass is 279 g/mol. The summed E-state index contributed by atoms with van der Waals surface area (Å²) in [7, 11) is 1.92. The Labute approximate surface area is 117 Å². The van der Waals surface area contributed by atoms with E-state index in [-0.39, 0.29) is 6.04 Å². The fourth-order valence-electron chi connectivity index (χ4n) is 2.19. The molecule has 1 unspecified atom stereocenters. The molecule has 0 radical (unpaired) electrons. The molecule has 0 saturated heterocycles. The van der Waals surface area contributed by atoms with E-state index in [1.54, 1.807) is 6.07 Å². The average molecular weight is 280 g/mol. The highest BCUT2D eigenvalue weighted by molar-refractivity contribution is 6.30. The van der Waals surface area contributed by atoms with Crippen molar-refractivity contribution in [2.45, 2.75) is 19.4 Å². The Morgan fingerprint density at radius 3 is 2.68 bits per heavy atom. The number of hydrogen-bond acceptors (Lipinski definition) is 4. The molecule has 1 aromatic carbocycles. The molecule has 0 aliphatic rings. The molecule has 1 heterocycles. The standard InChI is InChI=1S/C13H18ClN5/c1-8-5-10(19(2)18-8)7-13(17-16)11-4-3-9(14)6-12(11)15/h3-6,13,17H,7,15-16H2,1-2H3. The predicted molar refractivity (Wildman–Crippen MR) is 77.6 cm³/mol. The first-order valence-corrected chi connectivity index (χ1v) is 6.39. The van der Waals surface area contributed by atoms with Crippen LogP contribution in [0, 0.1) is 6.92 Å². The summed E-state index contributed by atoms with van der Waals surface area (Å²) in [4.78, 5) is 0. The summed E-state index contributed by atoms with van der Waals surface area (Å²) in [5.74, 6) is 5.65. The second-order valence-corrected chi connectivity index (χ2v) is 5.03. The van der Waals surface area contributed by atoms with Crippen LogP contribution in [0.25, 0.3) is 0 Å². The topological polar surface area (TPSA) is 81.9 Å². The predicted octanol–water partition coefficient (Wildman–Crippen LogP) is 1.71. The molecule has 1 aromatic heterocycles. The largest absolute Gasteiger partial charge is 0.398 e. The highest BCUT2D eigenvalue weighted by Crippen LogP contribution is 2.26. The highest BCUT2D eigenvalue weighted by Gasteiger charge is 2.16. The summed E-state index contributed by atoms with van der Waals surface area (Å²) in [6.45, 7) is 1.96. The molecule has 0 bridgehead atoms. The lowest BCUT2D eigenvalue weighted by Crippen LogP contribution is -2.30. The number of anilines is 1. The SMILES string of the molecule is Cc1cc(CC(NN)c2ccc(Cl)cc2N)n(C)n1. The van der Waals surface area contributed by atoms with Crippen LogP contribution in [-0.4, -0.2) is 9.78 Å². The van der Waals surface area contributed by atoms with Gasteiger partial charge in [-0.3, -0.25) is 16.0 Å². The first-order chi connectivity index (χ1) is 9.01. The molecule has 19 heavy (non-hydrogen) atoms. The van der Waals surface area contributed by atoms with Crippen LogP contribution in [0.3, 0.4) is 0 Å². The Morgan fingerprint density at radius 1 is 1.42 bits per heavy atom. The van der Waals surface area contributed by atoms with Crippen LogP contribution >= 0.6 is 11.6 Å². The number of aryl methyl sites for hydroxylation is 2. The van der Waals surface area contributed by atoms with Gasteiger partial charge in [0.05, 0.1) is 11.7 Å². The maximum Gasteiger partial charge on any atom is 0.0596 e. The summed E-state index contributed by atoms with van der Waals surface area (Å²) in [6, 6.07) is 7.40. The Kier molecular flexibility index (Phi) is 4.09. The van der Waals surface area contributed by atoms with Gasteiger partial charge in [0.15, 0.2) is 0 Å². The van der Waals surface area contributed by atoms with E-state index in [1.807, 2.05) is 36.9 Å². The second kappa shape index (κ2) is 5.61. The molecule has 6 heteroatoms. The Balaban J connectivity index is 2.27. The van der Waals surface area contributed by atoms with Crippen molar-refractivity contribution in [2.75, 3.05) is 5.73 Å². The van der Waals surface area contributed by atoms with E-state index in [0.717, 1.165) is 17.0 Å². The number of hydrogen-bond donors (Lipinski definition) is 3. The van der Waals surface area contributed by atoms with Crippen LogP contribution in [-0.2, 0) is 13.5 Å². The lowest BCUT2D eigenvalue weighted by molar-refractivity contribution is 0.531. The lowest BCUT2D eigenvalue weighted by Gasteiger charge is -2.18. The number of hydrazine groups is 1. The van der Waals surface area contributed by atoms with Crippen molar-refractivity contribution in [2.24, 2.45) is 12.9 Å². The quantitative estimate of drug-likeness (QED) is 0.452. The van der Waals surface area contributed by atoms with Crippen LogP contribution in [0.15, 0.2) is 24.3 Å². The summed E-state index contributed by atoms with van der Waals surface area (Å²) in [5.41, 5.74) is 12.4. The van der Waals surface area contributed by atoms with Crippen LogP contribution < -0.4 is 17.0 Å². The van der Waals surface area contributed by atoms with E-state index >= 15 is 0 Å². The van der Waals surface area contributed by atoms with Crippen LogP contribution in [0.5, 0.6) is 0 Å². The first kappa shape index (κ1) is 13.9. The minimum Gasteiger partial charge on any atom is -0.398 e. The van der Waals surface area contributed by atoms with Gasteiger partial charge >= 0.3 is 0 Å². The number of benzene rings is 1. The number of aromatic nitrogens is 2. The number of halogens is 1. The summed E-state index contributed by atoms with van der Waals surface area (Å²) < 4.78 is 1.85. The third-order valence-corrected chi connectivity index (χ3v) is 3.37. The zero-order valence-electron chi connectivity index (χ0n) is 11.0. The van der Waals surface area contributed by atoms with E-state index in [9.17, 15) is 0 Å². The third-order valence-electron chi connectivity index (χ3n) is 3.14. The Bertz CT molecular complexity index is 578. The van der Waals surface area contributed by atoms with Gasteiger partial charge in [0.1, 0.15) is 0 Å². The van der Waals surface area contributed by atoms with Crippen molar-refractivity contribution < 1.29 is 0 Å². The molecule has 5 nitrogen and oxygen atoms in total. The maximum absolute atomic E-state index is 5.99. The van der Waals surface area contributed by atoms with Gasteiger partial charge in [-0.1, -0.05) is 17.7 Å². The molecule has 5 N–H and O–H groups in total. The molecule has 0 aliphatic heterocycles. The molecule has 2 rings (SSSR count). The van der Waals surface area contributed by atoms with Crippen LogP contribution in [0.4, 0.5) is 5.69 Å². The van der Waals surface area contributed by atoms with Crippen molar-refractivity contribution >= 4 is 17.3 Å². The summed E-state index contributed by atoms with van der Waals surface area (Å²) >= 11 is 5.91. The number of rotatable bonds is 4. The van der Waals surface area contributed by atoms with Gasteiger partial charge in [-0.15, -0.1) is 0 Å². The van der Waals surface area contributed by atoms with Gasteiger partial charge in [0.25, 0.3) is 0 Å². The molecule has 102 valence electrons. The van der Waals surface area contributed by atoms with E-state index in [2.05, 4.69) is 10.5 Å². The van der Waals surface area contributed by atoms with Gasteiger partial charge < -0.3 is 5.73 Å². The minimum absolute atomic E-state index is 0.0768. The molecular formula is C13H18ClN5. The molecule has 1 atom stereocenters. The van der Waals surface area contributed by atoms with Crippen molar-refractivity contribution in [3.63, 3.8) is 0 Å². The fraction of sp³-hybridized carbons (Fsp3) is 0.308. The first-order valence-electron chi connectivity index (χ1n) is 6.02. The molecule has 0 saturated carbocycles. The van der Waals surface area contributed by atoms with Gasteiger partial charge in [0, 0.05) is 29.9 Å². The fourth-order valence-corrected chi connectivity index (χ4v) is 2.37. The number of nitrogen functional groups attached to an aromatic ring is 1. The average Bonchev–Trinajstić information content (AvgIpc) is 2.65. The smallest absolute Gasteiger partial charge is 0.0596 e. The van der Waals surface area contributed by atoms with Crippen molar-refractivity contribution in [1.29, 1.82) is 0 Å². The molecule has 2 aromatic rings. The van der Waals surface area contributed by atoms with Crippen molar-refractivity contribution in [3.8, 4) is 0 Å². The Hall–Kier alpha value is -1.56. The zero-order chi connectivity index (χ0) is 14.0. The lowest BCUT2D eigenvalue weighted by atomic mass is 10.0. The summed E-state index contributed by atoms with van der Waals surface area (Å²) in [5, 5.41) is 4.94. The third kappa shape index (κ3) is 3.07. The number of nitrogens with two attached hydrogens (primary N) is 2. The van der Waals surface area contributed by atoms with Crippen LogP contribution in [0.1, 0.15) is 23.0 Å². The number of nitrogens with one attached hydrogen (secondary N) is 1. The van der Waals surface area contributed by atoms with E-state index < -0.39 is 0 Å². The molecule has 0 fully saturated rings. The summed E-state index contributed by atoms with van der Waals surface area (Å²) in [6.07, 6.45) is 0.708.